The molecule has 1 heterocycles. The normalized spacial score (nSPS) is 18.2. The van der Waals surface area contributed by atoms with Crippen LogP contribution in [-0.4, -0.2) is 53.2 Å². The molecule has 33 heavy (non-hydrogen) atoms. The highest BCUT2D eigenvalue weighted by Crippen LogP contribution is 2.44. The number of hydrogen-bond acceptors (Lipinski definition) is 4. The van der Waals surface area contributed by atoms with Crippen LogP contribution in [0.25, 0.3) is 11.1 Å². The van der Waals surface area contributed by atoms with Gasteiger partial charge in [0.1, 0.15) is 18.7 Å². The Morgan fingerprint density at radius 3 is 2.30 bits per heavy atom. The minimum absolute atomic E-state index is 0.0676. The Hall–Kier alpha value is -3.35. The first kappa shape index (κ1) is 22.8. The van der Waals surface area contributed by atoms with Gasteiger partial charge in [0.05, 0.1) is 0 Å². The van der Waals surface area contributed by atoms with Crippen LogP contribution in [0.5, 0.6) is 0 Å². The van der Waals surface area contributed by atoms with E-state index in [1.807, 2.05) is 43.3 Å². The Morgan fingerprint density at radius 1 is 1.06 bits per heavy atom. The Morgan fingerprint density at radius 2 is 1.70 bits per heavy atom. The molecule has 2 aromatic rings. The maximum atomic E-state index is 13.1. The number of carboxylic acids is 1. The topological polar surface area (TPSA) is 95.9 Å². The van der Waals surface area contributed by atoms with Crippen molar-refractivity contribution in [2.75, 3.05) is 13.2 Å². The van der Waals surface area contributed by atoms with Gasteiger partial charge in [0.2, 0.25) is 5.91 Å². The predicted octanol–water partition coefficient (Wildman–Crippen LogP) is 4.16. The fourth-order valence-electron chi connectivity index (χ4n) is 4.98. The van der Waals surface area contributed by atoms with Crippen molar-refractivity contribution in [2.45, 2.75) is 57.0 Å². The summed E-state index contributed by atoms with van der Waals surface area (Å²) in [7, 11) is 0. The first-order chi connectivity index (χ1) is 16.0. The molecule has 4 rings (SSSR count). The molecule has 0 aromatic heterocycles. The van der Waals surface area contributed by atoms with Gasteiger partial charge in [-0.05, 0) is 47.9 Å². The number of ether oxygens (including phenoxy) is 1. The van der Waals surface area contributed by atoms with Gasteiger partial charge in [-0.15, -0.1) is 0 Å². The van der Waals surface area contributed by atoms with E-state index in [2.05, 4.69) is 17.4 Å². The lowest BCUT2D eigenvalue weighted by molar-refractivity contribution is -0.153. The summed E-state index contributed by atoms with van der Waals surface area (Å²) in [4.78, 5) is 38.8. The number of carbonyl (C=O) groups excluding carboxylic acids is 2. The zero-order chi connectivity index (χ0) is 23.4. The second-order valence-corrected chi connectivity index (χ2v) is 8.69. The highest BCUT2D eigenvalue weighted by Gasteiger charge is 2.36. The molecule has 0 spiro atoms. The zero-order valence-corrected chi connectivity index (χ0v) is 18.8. The minimum atomic E-state index is -1.00. The molecule has 2 aliphatic rings. The molecule has 0 saturated carbocycles. The largest absolute Gasteiger partial charge is 0.480 e. The number of nitrogens with one attached hydrogen (secondary N) is 1. The van der Waals surface area contributed by atoms with Crippen LogP contribution in [-0.2, 0) is 14.3 Å². The summed E-state index contributed by atoms with van der Waals surface area (Å²) >= 11 is 0. The monoisotopic (exact) mass is 450 g/mol. The van der Waals surface area contributed by atoms with E-state index in [1.165, 1.54) is 4.90 Å². The molecule has 2 amide bonds. The zero-order valence-electron chi connectivity index (χ0n) is 18.8. The molecule has 7 nitrogen and oxygen atoms in total. The lowest BCUT2D eigenvalue weighted by Crippen LogP contribution is -2.55. The van der Waals surface area contributed by atoms with Crippen LogP contribution in [0.15, 0.2) is 48.5 Å². The summed E-state index contributed by atoms with van der Waals surface area (Å²) in [5.74, 6) is -1.42. The van der Waals surface area contributed by atoms with E-state index >= 15 is 0 Å². The van der Waals surface area contributed by atoms with Crippen molar-refractivity contribution in [1.82, 2.24) is 10.2 Å². The molecule has 1 aliphatic carbocycles. The van der Waals surface area contributed by atoms with Gasteiger partial charge in [0, 0.05) is 12.5 Å². The number of likely N-dealkylation sites (tertiary alicyclic amines) is 1. The van der Waals surface area contributed by atoms with Gasteiger partial charge < -0.3 is 20.1 Å². The Labute approximate surface area is 193 Å². The number of carbonyl (C=O) groups is 3. The van der Waals surface area contributed by atoms with E-state index in [9.17, 15) is 19.5 Å². The van der Waals surface area contributed by atoms with Crippen molar-refractivity contribution in [1.29, 1.82) is 0 Å². The smallest absolute Gasteiger partial charge is 0.407 e. The molecule has 2 N–H and O–H groups in total. The molecule has 174 valence electrons. The Bertz CT molecular complexity index is 991. The quantitative estimate of drug-likeness (QED) is 0.660. The van der Waals surface area contributed by atoms with Gasteiger partial charge >= 0.3 is 12.1 Å². The number of hydrogen-bond donors (Lipinski definition) is 2. The molecule has 2 aromatic carbocycles. The number of benzene rings is 2. The van der Waals surface area contributed by atoms with Crippen molar-refractivity contribution in [3.8, 4) is 11.1 Å². The summed E-state index contributed by atoms with van der Waals surface area (Å²) in [5, 5.41) is 12.2. The van der Waals surface area contributed by atoms with Gasteiger partial charge in [-0.1, -0.05) is 61.9 Å². The van der Waals surface area contributed by atoms with Crippen LogP contribution in [0.2, 0.25) is 0 Å². The summed E-state index contributed by atoms with van der Waals surface area (Å²) in [6.45, 7) is 2.47. The van der Waals surface area contributed by atoms with Crippen LogP contribution in [0.4, 0.5) is 4.79 Å². The first-order valence-electron chi connectivity index (χ1n) is 11.7. The maximum Gasteiger partial charge on any atom is 0.407 e. The third kappa shape index (κ3) is 4.72. The number of alkyl carbamates (subject to hydrolysis) is 1. The predicted molar refractivity (Wildman–Crippen MR) is 124 cm³/mol. The number of carboxylic acid groups (broad SMARTS) is 1. The number of piperidine rings is 1. The summed E-state index contributed by atoms with van der Waals surface area (Å²) in [6.07, 6.45) is 2.41. The van der Waals surface area contributed by atoms with E-state index < -0.39 is 24.1 Å². The van der Waals surface area contributed by atoms with Crippen LogP contribution >= 0.6 is 0 Å². The number of rotatable bonds is 7. The lowest BCUT2D eigenvalue weighted by atomic mass is 9.98. The fraction of sp³-hybridized carbons (Fsp3) is 0.423. The second-order valence-electron chi connectivity index (χ2n) is 8.69. The molecule has 1 aliphatic heterocycles. The summed E-state index contributed by atoms with van der Waals surface area (Å²) in [5.41, 5.74) is 4.52. The molecular formula is C26H30N2O5. The molecule has 1 saturated heterocycles. The maximum absolute atomic E-state index is 13.1. The number of nitrogens with zero attached hydrogens (tertiary/aromatic N) is 1. The highest BCUT2D eigenvalue weighted by atomic mass is 16.5. The molecule has 1 fully saturated rings. The second kappa shape index (κ2) is 10.1. The average molecular weight is 451 g/mol. The molecule has 7 heteroatoms. The standard InChI is InChI=1S/C26H30N2O5/c1-2-9-22(24(29)28-15-8-7-14-23(28)25(30)31)27-26(32)33-16-21-19-12-5-3-10-17(19)18-11-4-6-13-20(18)21/h3-6,10-13,21-23H,2,7-9,14-16H2,1H3,(H,27,32)(H,30,31)/t22-,23+/m0/s1. The first-order valence-corrected chi connectivity index (χ1v) is 11.7. The molecule has 2 atom stereocenters. The van der Waals surface area contributed by atoms with Crippen molar-refractivity contribution in [2.24, 2.45) is 0 Å². The minimum Gasteiger partial charge on any atom is -0.480 e. The van der Waals surface area contributed by atoms with Gasteiger partial charge in [-0.25, -0.2) is 9.59 Å². The third-order valence-corrected chi connectivity index (χ3v) is 6.58. The van der Waals surface area contributed by atoms with Gasteiger partial charge in [0.15, 0.2) is 0 Å². The van der Waals surface area contributed by atoms with Crippen molar-refractivity contribution < 1.29 is 24.2 Å². The number of amides is 2. The van der Waals surface area contributed by atoms with E-state index in [0.717, 1.165) is 35.1 Å². The lowest BCUT2D eigenvalue weighted by Gasteiger charge is -2.35. The molecule has 0 bridgehead atoms. The van der Waals surface area contributed by atoms with Crippen molar-refractivity contribution in [3.63, 3.8) is 0 Å². The van der Waals surface area contributed by atoms with Crippen LogP contribution in [0, 0.1) is 0 Å². The van der Waals surface area contributed by atoms with E-state index in [4.69, 9.17) is 4.74 Å². The summed E-state index contributed by atoms with van der Waals surface area (Å²) in [6, 6.07) is 14.6. The van der Waals surface area contributed by atoms with Crippen LogP contribution in [0.3, 0.4) is 0 Å². The molecule has 0 unspecified atom stereocenters. The fourth-order valence-corrected chi connectivity index (χ4v) is 4.98. The van der Waals surface area contributed by atoms with E-state index in [-0.39, 0.29) is 18.4 Å². The molecular weight excluding hydrogens is 420 g/mol. The summed E-state index contributed by atoms with van der Waals surface area (Å²) < 4.78 is 5.59. The third-order valence-electron chi connectivity index (χ3n) is 6.58. The Balaban J connectivity index is 1.43. The average Bonchev–Trinajstić information content (AvgIpc) is 3.15. The van der Waals surface area contributed by atoms with E-state index in [0.29, 0.717) is 25.8 Å². The van der Waals surface area contributed by atoms with E-state index in [1.54, 1.807) is 0 Å². The van der Waals surface area contributed by atoms with Gasteiger partial charge in [-0.2, -0.15) is 0 Å². The van der Waals surface area contributed by atoms with Crippen molar-refractivity contribution in [3.05, 3.63) is 59.7 Å². The number of aliphatic carboxylic acids is 1. The highest BCUT2D eigenvalue weighted by molar-refractivity contribution is 5.89. The SMILES string of the molecule is CCC[C@H](NC(=O)OCC1c2ccccc2-c2ccccc21)C(=O)N1CCCC[C@@H]1C(=O)O. The van der Waals surface area contributed by atoms with Crippen LogP contribution < -0.4 is 5.32 Å². The Kier molecular flexibility index (Phi) is 6.96. The van der Waals surface area contributed by atoms with Gasteiger partial charge in [0.25, 0.3) is 0 Å². The van der Waals surface area contributed by atoms with Gasteiger partial charge in [-0.3, -0.25) is 4.79 Å². The van der Waals surface area contributed by atoms with Crippen LogP contribution in [0.1, 0.15) is 56.1 Å². The van der Waals surface area contributed by atoms with Crippen molar-refractivity contribution >= 4 is 18.0 Å². The number of fused-ring (bicyclic) bond motifs is 3. The molecule has 0 radical (unpaired) electrons.